The van der Waals surface area contributed by atoms with Crippen LogP contribution in [0, 0.1) is 11.8 Å². The third-order valence-electron chi connectivity index (χ3n) is 5.94. The number of hydrogen-bond donors (Lipinski definition) is 1. The fourth-order valence-corrected chi connectivity index (χ4v) is 4.58. The summed E-state index contributed by atoms with van der Waals surface area (Å²) < 4.78 is 5.39. The highest BCUT2D eigenvalue weighted by Crippen LogP contribution is 2.43. The molecule has 0 spiro atoms. The molecule has 3 aliphatic rings. The molecule has 5 heteroatoms. The first-order valence-corrected chi connectivity index (χ1v) is 8.90. The van der Waals surface area contributed by atoms with Crippen molar-refractivity contribution in [1.82, 2.24) is 9.88 Å². The first-order valence-electron chi connectivity index (χ1n) is 8.90. The van der Waals surface area contributed by atoms with Gasteiger partial charge in [0.25, 0.3) is 0 Å². The zero-order valence-electron chi connectivity index (χ0n) is 14.6. The second kappa shape index (κ2) is 6.75. The molecule has 5 atom stereocenters. The van der Waals surface area contributed by atoms with E-state index in [1.807, 2.05) is 30.5 Å². The van der Waals surface area contributed by atoms with Gasteiger partial charge in [0.2, 0.25) is 0 Å². The van der Waals surface area contributed by atoms with Crippen molar-refractivity contribution in [2.24, 2.45) is 17.7 Å². The lowest BCUT2D eigenvalue weighted by molar-refractivity contribution is -0.0761. The molecule has 2 bridgehead atoms. The van der Waals surface area contributed by atoms with Crippen LogP contribution in [-0.4, -0.2) is 36.1 Å². The molecule has 3 saturated heterocycles. The number of hydrogen-bond acceptors (Lipinski definition) is 5. The summed E-state index contributed by atoms with van der Waals surface area (Å²) in [5.41, 5.74) is 2.01. The van der Waals surface area contributed by atoms with Crippen molar-refractivity contribution in [2.45, 2.75) is 25.0 Å². The molecule has 0 aliphatic carbocycles. The van der Waals surface area contributed by atoms with Gasteiger partial charge in [0, 0.05) is 24.2 Å². The van der Waals surface area contributed by atoms with Crippen LogP contribution in [0.4, 0.5) is 0 Å². The third-order valence-corrected chi connectivity index (χ3v) is 5.94. The average Bonchev–Trinajstić information content (AvgIpc) is 2.68. The van der Waals surface area contributed by atoms with Gasteiger partial charge in [0.1, 0.15) is 11.9 Å². The number of benzene rings is 1. The normalized spacial score (nSPS) is 29.5. The third kappa shape index (κ3) is 2.82. The Morgan fingerprint density at radius 2 is 2.28 bits per heavy atom. The number of methoxy groups -OCH3 is 1. The maximum atomic E-state index is 5.80. The van der Waals surface area contributed by atoms with Crippen LogP contribution < -0.4 is 10.6 Å². The minimum Gasteiger partial charge on any atom is -0.497 e. The molecule has 0 amide bonds. The predicted octanol–water partition coefficient (Wildman–Crippen LogP) is 3.07. The lowest BCUT2D eigenvalue weighted by Crippen LogP contribution is -2.55. The van der Waals surface area contributed by atoms with Crippen molar-refractivity contribution in [3.05, 3.63) is 48.7 Å². The number of nitrogens with zero attached hydrogens (tertiary/aromatic N) is 2. The summed E-state index contributed by atoms with van der Waals surface area (Å²) in [6.45, 7) is 6.16. The predicted molar refractivity (Wildman–Crippen MR) is 98.1 cm³/mol. The van der Waals surface area contributed by atoms with Gasteiger partial charge in [-0.2, -0.15) is 0 Å². The summed E-state index contributed by atoms with van der Waals surface area (Å²) >= 11 is 0. The van der Waals surface area contributed by atoms with Gasteiger partial charge in [0.05, 0.1) is 12.6 Å². The van der Waals surface area contributed by atoms with E-state index in [2.05, 4.69) is 22.5 Å². The van der Waals surface area contributed by atoms with Gasteiger partial charge in [-0.3, -0.25) is 14.7 Å². The van der Waals surface area contributed by atoms with Crippen LogP contribution in [0.1, 0.15) is 24.5 Å². The zero-order valence-corrected chi connectivity index (χ0v) is 14.6. The van der Waals surface area contributed by atoms with Crippen molar-refractivity contribution in [3.8, 4) is 5.75 Å². The Kier molecular flexibility index (Phi) is 4.46. The summed E-state index contributed by atoms with van der Waals surface area (Å²) in [6.07, 6.45) is 6.09. The van der Waals surface area contributed by atoms with Crippen LogP contribution in [0.15, 0.2) is 43.1 Å². The van der Waals surface area contributed by atoms with Crippen molar-refractivity contribution >= 4 is 10.9 Å². The largest absolute Gasteiger partial charge is 0.497 e. The Labute approximate surface area is 148 Å². The molecular weight excluding hydrogens is 314 g/mol. The molecular formula is C20H25N3O2. The van der Waals surface area contributed by atoms with E-state index in [-0.39, 0.29) is 12.1 Å². The van der Waals surface area contributed by atoms with Crippen molar-refractivity contribution in [3.63, 3.8) is 0 Å². The number of ether oxygens (including phenoxy) is 1. The summed E-state index contributed by atoms with van der Waals surface area (Å²) in [5.74, 6) is 7.87. The number of piperidine rings is 3. The summed E-state index contributed by atoms with van der Waals surface area (Å²) in [6, 6.07) is 8.24. The molecule has 4 heterocycles. The van der Waals surface area contributed by atoms with E-state index in [0.29, 0.717) is 11.8 Å². The van der Waals surface area contributed by atoms with Crippen LogP contribution in [0.5, 0.6) is 5.75 Å². The minimum absolute atomic E-state index is 0.175. The van der Waals surface area contributed by atoms with E-state index >= 15 is 0 Å². The van der Waals surface area contributed by atoms with E-state index in [0.717, 1.165) is 41.7 Å². The molecule has 5 rings (SSSR count). The first-order chi connectivity index (χ1) is 12.2. The van der Waals surface area contributed by atoms with Gasteiger partial charge in [0.15, 0.2) is 0 Å². The fraction of sp³-hybridized carbons (Fsp3) is 0.450. The Bertz CT molecular complexity index is 779. The quantitative estimate of drug-likeness (QED) is 0.670. The fourth-order valence-electron chi connectivity index (χ4n) is 4.58. The molecule has 5 nitrogen and oxygen atoms in total. The van der Waals surface area contributed by atoms with Crippen LogP contribution >= 0.6 is 0 Å². The van der Waals surface area contributed by atoms with Crippen LogP contribution in [0.3, 0.4) is 0 Å². The number of nitrogens with two attached hydrogens (primary N) is 1. The lowest BCUT2D eigenvalue weighted by atomic mass is 9.73. The minimum atomic E-state index is -0.175. The van der Waals surface area contributed by atoms with Crippen LogP contribution in [-0.2, 0) is 4.84 Å². The van der Waals surface area contributed by atoms with Gasteiger partial charge in [-0.15, -0.1) is 6.58 Å². The molecule has 1 unspecified atom stereocenters. The molecule has 3 fully saturated rings. The number of fused-ring (bicyclic) bond motifs is 4. The van der Waals surface area contributed by atoms with Gasteiger partial charge >= 0.3 is 0 Å². The van der Waals surface area contributed by atoms with E-state index < -0.39 is 0 Å². The summed E-state index contributed by atoms with van der Waals surface area (Å²) in [5, 5.41) is 1.04. The second-order valence-electron chi connectivity index (χ2n) is 7.09. The first kappa shape index (κ1) is 16.5. The summed E-state index contributed by atoms with van der Waals surface area (Å²) in [7, 11) is 1.68. The highest BCUT2D eigenvalue weighted by molar-refractivity contribution is 5.84. The molecule has 132 valence electrons. The van der Waals surface area contributed by atoms with Gasteiger partial charge in [-0.05, 0) is 61.1 Å². The maximum absolute atomic E-state index is 5.80. The number of rotatable bonds is 5. The number of aromatic nitrogens is 1. The average molecular weight is 339 g/mol. The summed E-state index contributed by atoms with van der Waals surface area (Å²) in [4.78, 5) is 12.5. The Balaban J connectivity index is 1.72. The van der Waals surface area contributed by atoms with E-state index in [1.54, 1.807) is 7.11 Å². The van der Waals surface area contributed by atoms with E-state index in [9.17, 15) is 0 Å². The van der Waals surface area contributed by atoms with E-state index in [1.165, 1.54) is 6.42 Å². The monoisotopic (exact) mass is 339 g/mol. The van der Waals surface area contributed by atoms with E-state index in [4.69, 9.17) is 15.5 Å². The maximum Gasteiger partial charge on any atom is 0.120 e. The molecule has 1 aromatic heterocycles. The van der Waals surface area contributed by atoms with Gasteiger partial charge in [-0.1, -0.05) is 6.08 Å². The molecule has 1 aromatic carbocycles. The SMILES string of the molecule is C=C[C@H]1CN2CC[C@H]1C[C@H]2[C@H](ON)c1ccnc2ccc(OC)cc12. The van der Waals surface area contributed by atoms with Crippen molar-refractivity contribution in [2.75, 3.05) is 20.2 Å². The molecule has 25 heavy (non-hydrogen) atoms. The van der Waals surface area contributed by atoms with Gasteiger partial charge in [-0.25, -0.2) is 5.90 Å². The highest BCUT2D eigenvalue weighted by Gasteiger charge is 2.43. The van der Waals surface area contributed by atoms with Gasteiger partial charge < -0.3 is 4.74 Å². The molecule has 2 N–H and O–H groups in total. The lowest BCUT2D eigenvalue weighted by Gasteiger charge is -2.51. The second-order valence-corrected chi connectivity index (χ2v) is 7.09. The molecule has 0 radical (unpaired) electrons. The van der Waals surface area contributed by atoms with Crippen LogP contribution in [0.25, 0.3) is 10.9 Å². The van der Waals surface area contributed by atoms with Crippen LogP contribution in [0.2, 0.25) is 0 Å². The highest BCUT2D eigenvalue weighted by atomic mass is 16.6. The van der Waals surface area contributed by atoms with Crippen molar-refractivity contribution in [1.29, 1.82) is 0 Å². The Morgan fingerprint density at radius 3 is 2.96 bits per heavy atom. The molecule has 2 aromatic rings. The molecule has 0 saturated carbocycles. The Morgan fingerprint density at radius 1 is 1.40 bits per heavy atom. The smallest absolute Gasteiger partial charge is 0.120 e. The van der Waals surface area contributed by atoms with Crippen molar-refractivity contribution < 1.29 is 9.57 Å². The number of pyridine rings is 1. The standard InChI is InChI=1S/C20H25N3O2/c1-3-13-12-23-9-7-14(13)10-19(23)20(25-21)16-6-8-22-18-5-4-15(24-2)11-17(16)18/h3-6,8,11,13-14,19-20H,1,7,9-10,12,21H2,2H3/t13-,14-,19-,20+/m0/s1. The zero-order chi connectivity index (χ0) is 17.4. The topological polar surface area (TPSA) is 60.6 Å². The Hall–Kier alpha value is -1.95. The molecule has 3 aliphatic heterocycles.